The molecule has 0 radical (unpaired) electrons. The second-order valence-electron chi connectivity index (χ2n) is 7.15. The van der Waals surface area contributed by atoms with Crippen molar-refractivity contribution < 1.29 is 0 Å². The summed E-state index contributed by atoms with van der Waals surface area (Å²) >= 11 is 6.21. The first-order chi connectivity index (χ1) is 9.91. The van der Waals surface area contributed by atoms with E-state index >= 15 is 0 Å². The lowest BCUT2D eigenvalue weighted by atomic mass is 9.77. The molecule has 21 heavy (non-hydrogen) atoms. The summed E-state index contributed by atoms with van der Waals surface area (Å²) in [6.45, 7) is 10.1. The van der Waals surface area contributed by atoms with Crippen LogP contribution in [0.4, 0.5) is 5.82 Å². The molecule has 0 aliphatic carbocycles. The fourth-order valence-electron chi connectivity index (χ4n) is 3.16. The van der Waals surface area contributed by atoms with Crippen LogP contribution in [0.1, 0.15) is 45.6 Å². The Hall–Kier alpha value is -0.800. The molecule has 1 aliphatic heterocycles. The maximum absolute atomic E-state index is 6.21. The molecular weight excluding hydrogens is 282 g/mol. The third kappa shape index (κ3) is 4.33. The van der Waals surface area contributed by atoms with Gasteiger partial charge in [-0.3, -0.25) is 0 Å². The number of nitrogens with one attached hydrogen (secondary N) is 1. The van der Waals surface area contributed by atoms with E-state index in [0.717, 1.165) is 42.0 Å². The first-order valence-electron chi connectivity index (χ1n) is 7.96. The van der Waals surface area contributed by atoms with E-state index in [1.165, 1.54) is 19.3 Å². The maximum atomic E-state index is 6.21. The maximum Gasteiger partial charge on any atom is 0.128 e. The van der Waals surface area contributed by atoms with Gasteiger partial charge in [-0.25, -0.2) is 4.98 Å². The molecule has 0 amide bonds. The van der Waals surface area contributed by atoms with E-state index in [1.54, 1.807) is 6.20 Å². The number of nitrogens with zero attached hydrogens (tertiary/aromatic N) is 2. The van der Waals surface area contributed by atoms with E-state index in [2.05, 4.69) is 42.0 Å². The average Bonchev–Trinajstić information content (AvgIpc) is 2.67. The number of halogens is 1. The topological polar surface area (TPSA) is 28.2 Å². The Bertz CT molecular complexity index is 468. The summed E-state index contributed by atoms with van der Waals surface area (Å²) in [6, 6.07) is 2.14. The highest BCUT2D eigenvalue weighted by atomic mass is 35.5. The second kappa shape index (κ2) is 6.97. The summed E-state index contributed by atoms with van der Waals surface area (Å²) < 4.78 is 0. The van der Waals surface area contributed by atoms with E-state index in [0.29, 0.717) is 5.41 Å². The Kier molecular flexibility index (Phi) is 5.50. The lowest BCUT2D eigenvalue weighted by Crippen LogP contribution is -2.27. The van der Waals surface area contributed by atoms with Crippen LogP contribution in [-0.2, 0) is 6.54 Å². The fraction of sp³-hybridized carbons (Fsp3) is 0.706. The van der Waals surface area contributed by atoms with Crippen LogP contribution in [0.25, 0.3) is 0 Å². The van der Waals surface area contributed by atoms with E-state index in [9.17, 15) is 0 Å². The van der Waals surface area contributed by atoms with Gasteiger partial charge in [0, 0.05) is 25.8 Å². The van der Waals surface area contributed by atoms with Gasteiger partial charge in [0.1, 0.15) is 5.82 Å². The van der Waals surface area contributed by atoms with Crippen molar-refractivity contribution in [3.63, 3.8) is 0 Å². The lowest BCUT2D eigenvalue weighted by molar-refractivity contribution is 0.220. The van der Waals surface area contributed by atoms with Gasteiger partial charge in [0.2, 0.25) is 0 Å². The minimum Gasteiger partial charge on any atom is -0.357 e. The molecule has 118 valence electrons. The Balaban J connectivity index is 2.10. The molecule has 1 saturated heterocycles. The summed E-state index contributed by atoms with van der Waals surface area (Å²) in [6.07, 6.45) is 5.59. The third-order valence-electron chi connectivity index (χ3n) is 4.56. The molecule has 1 fully saturated rings. The highest BCUT2D eigenvalue weighted by Crippen LogP contribution is 2.35. The van der Waals surface area contributed by atoms with Crippen LogP contribution >= 0.6 is 11.6 Å². The molecule has 2 heterocycles. The Labute approximate surface area is 134 Å². The first-order valence-corrected chi connectivity index (χ1v) is 8.33. The summed E-state index contributed by atoms with van der Waals surface area (Å²) in [5, 5.41) is 3.91. The zero-order chi connectivity index (χ0) is 15.5. The van der Waals surface area contributed by atoms with Crippen LogP contribution in [0, 0.1) is 11.3 Å². The highest BCUT2D eigenvalue weighted by Gasteiger charge is 2.27. The van der Waals surface area contributed by atoms with E-state index in [-0.39, 0.29) is 0 Å². The van der Waals surface area contributed by atoms with Crippen LogP contribution in [0.5, 0.6) is 0 Å². The fourth-order valence-corrected chi connectivity index (χ4v) is 3.33. The number of anilines is 1. The van der Waals surface area contributed by atoms with Gasteiger partial charge in [-0.1, -0.05) is 32.4 Å². The predicted molar refractivity (Wildman–Crippen MR) is 91.0 cm³/mol. The Morgan fingerprint density at radius 3 is 2.76 bits per heavy atom. The largest absolute Gasteiger partial charge is 0.357 e. The van der Waals surface area contributed by atoms with Crippen molar-refractivity contribution in [3.05, 3.63) is 22.8 Å². The van der Waals surface area contributed by atoms with Crippen LogP contribution in [0.2, 0.25) is 5.02 Å². The quantitative estimate of drug-likeness (QED) is 0.911. The van der Waals surface area contributed by atoms with E-state index in [1.807, 2.05) is 7.05 Å². The van der Waals surface area contributed by atoms with Crippen LogP contribution in [-0.4, -0.2) is 25.1 Å². The van der Waals surface area contributed by atoms with Crippen molar-refractivity contribution in [2.24, 2.45) is 11.3 Å². The minimum absolute atomic E-state index is 0.403. The molecule has 0 bridgehead atoms. The number of rotatable bonds is 3. The second-order valence-corrected chi connectivity index (χ2v) is 7.55. The molecule has 1 N–H and O–H groups in total. The molecular formula is C17H28ClN3. The molecule has 1 unspecified atom stereocenters. The van der Waals surface area contributed by atoms with Crippen molar-refractivity contribution in [2.45, 2.75) is 46.6 Å². The molecule has 1 aromatic heterocycles. The smallest absolute Gasteiger partial charge is 0.128 e. The standard InChI is InChI=1S/C17H28ClN3/c1-17(2,3)14-6-5-8-21(9-7-14)16-10-13(11-19-4)15(18)12-20-16/h10,12,14,19H,5-9,11H2,1-4H3. The molecule has 1 atom stereocenters. The molecule has 0 aromatic carbocycles. The number of hydrogen-bond donors (Lipinski definition) is 1. The SMILES string of the molecule is CNCc1cc(N2CCCC(C(C)(C)C)CC2)ncc1Cl. The number of pyridine rings is 1. The molecule has 1 aliphatic rings. The molecule has 2 rings (SSSR count). The Morgan fingerprint density at radius 2 is 2.10 bits per heavy atom. The van der Waals surface area contributed by atoms with Gasteiger partial charge in [0.15, 0.2) is 0 Å². The predicted octanol–water partition coefficient (Wildman–Crippen LogP) is 4.11. The molecule has 0 saturated carbocycles. The van der Waals surface area contributed by atoms with Gasteiger partial charge < -0.3 is 10.2 Å². The van der Waals surface area contributed by atoms with E-state index < -0.39 is 0 Å². The summed E-state index contributed by atoms with van der Waals surface area (Å²) in [7, 11) is 1.94. The van der Waals surface area contributed by atoms with Crippen LogP contribution in [0.3, 0.4) is 0 Å². The third-order valence-corrected chi connectivity index (χ3v) is 4.90. The summed E-state index contributed by atoms with van der Waals surface area (Å²) in [4.78, 5) is 6.96. The van der Waals surface area contributed by atoms with Gasteiger partial charge in [0.25, 0.3) is 0 Å². The van der Waals surface area contributed by atoms with Gasteiger partial charge in [-0.15, -0.1) is 0 Å². The van der Waals surface area contributed by atoms with Crippen molar-refractivity contribution in [1.82, 2.24) is 10.3 Å². The zero-order valence-corrected chi connectivity index (χ0v) is 14.5. The van der Waals surface area contributed by atoms with Crippen LogP contribution in [0.15, 0.2) is 12.3 Å². The Morgan fingerprint density at radius 1 is 1.33 bits per heavy atom. The molecule has 0 spiro atoms. The average molecular weight is 310 g/mol. The summed E-state index contributed by atoms with van der Waals surface area (Å²) in [5.41, 5.74) is 1.53. The molecule has 3 nitrogen and oxygen atoms in total. The number of hydrogen-bond acceptors (Lipinski definition) is 3. The van der Waals surface area contributed by atoms with Gasteiger partial charge in [0.05, 0.1) is 5.02 Å². The normalized spacial score (nSPS) is 20.4. The van der Waals surface area contributed by atoms with Crippen molar-refractivity contribution in [2.75, 3.05) is 25.0 Å². The molecule has 1 aromatic rings. The van der Waals surface area contributed by atoms with Gasteiger partial charge in [-0.2, -0.15) is 0 Å². The monoisotopic (exact) mass is 309 g/mol. The van der Waals surface area contributed by atoms with Crippen molar-refractivity contribution in [1.29, 1.82) is 0 Å². The van der Waals surface area contributed by atoms with Crippen molar-refractivity contribution >= 4 is 17.4 Å². The molecule has 4 heteroatoms. The van der Waals surface area contributed by atoms with E-state index in [4.69, 9.17) is 11.6 Å². The lowest BCUT2D eigenvalue weighted by Gasteiger charge is -2.30. The minimum atomic E-state index is 0.403. The van der Waals surface area contributed by atoms with Gasteiger partial charge in [-0.05, 0) is 49.3 Å². The highest BCUT2D eigenvalue weighted by molar-refractivity contribution is 6.31. The van der Waals surface area contributed by atoms with Gasteiger partial charge >= 0.3 is 0 Å². The van der Waals surface area contributed by atoms with Crippen LogP contribution < -0.4 is 10.2 Å². The first kappa shape index (κ1) is 16.6. The van der Waals surface area contributed by atoms with Crippen molar-refractivity contribution in [3.8, 4) is 0 Å². The summed E-state index contributed by atoms with van der Waals surface area (Å²) in [5.74, 6) is 1.87. The number of aromatic nitrogens is 1. The zero-order valence-electron chi connectivity index (χ0n) is 13.7.